The summed E-state index contributed by atoms with van der Waals surface area (Å²) in [5.74, 6) is 0. The van der Waals surface area contributed by atoms with Gasteiger partial charge >= 0.3 is 0 Å². The number of benzene rings is 1. The molecule has 1 aliphatic carbocycles. The first-order valence-electron chi connectivity index (χ1n) is 11.1. The predicted octanol–water partition coefficient (Wildman–Crippen LogP) is 5.44. The van der Waals surface area contributed by atoms with E-state index in [4.69, 9.17) is 11.6 Å². The van der Waals surface area contributed by atoms with Gasteiger partial charge in [-0.1, -0.05) is 59.7 Å². The van der Waals surface area contributed by atoms with Crippen LogP contribution in [0.1, 0.15) is 29.5 Å². The highest BCUT2D eigenvalue weighted by Crippen LogP contribution is 2.26. The summed E-state index contributed by atoms with van der Waals surface area (Å²) in [5, 5.41) is 1.85. The third kappa shape index (κ3) is 4.34. The summed E-state index contributed by atoms with van der Waals surface area (Å²) >= 11 is 6.18. The molecule has 0 N–H and O–H groups in total. The molecule has 0 amide bonds. The van der Waals surface area contributed by atoms with Gasteiger partial charge in [-0.15, -0.1) is 0 Å². The molecule has 32 heavy (non-hydrogen) atoms. The maximum Gasteiger partial charge on any atom is 0.257 e. The Kier molecular flexibility index (Phi) is 6.06. The summed E-state index contributed by atoms with van der Waals surface area (Å²) < 4.78 is 1.88. The normalized spacial score (nSPS) is 20.1. The van der Waals surface area contributed by atoms with E-state index in [1.165, 1.54) is 11.1 Å². The van der Waals surface area contributed by atoms with E-state index in [0.29, 0.717) is 13.1 Å². The van der Waals surface area contributed by atoms with E-state index in [0.717, 1.165) is 59.5 Å². The quantitative estimate of drug-likeness (QED) is 0.504. The van der Waals surface area contributed by atoms with Crippen LogP contribution in [0.3, 0.4) is 0 Å². The minimum absolute atomic E-state index is 0.0875. The molecule has 0 saturated carbocycles. The molecule has 2 aromatic heterocycles. The largest absolute Gasteiger partial charge is 0.294 e. The molecule has 4 nitrogen and oxygen atoms in total. The zero-order chi connectivity index (χ0) is 21.9. The molecule has 0 unspecified atom stereocenters. The van der Waals surface area contributed by atoms with Crippen LogP contribution in [0.15, 0.2) is 83.3 Å². The standard InChI is InChI=1S/C27H26ClN3O/c28-22-11-6-10-21(16-22)17-30-15-13-23-24-12-7-14-29-26(24)31(27(32)25(23)19-30)18-20-8-4-2-1-3-5-9-20/h1-4,6-7,9-12,14,16H,5,8,13,15,17-19H2/b3-1-,4-2-,20-9+. The van der Waals surface area contributed by atoms with Crippen LogP contribution in [0.2, 0.25) is 5.02 Å². The highest BCUT2D eigenvalue weighted by Gasteiger charge is 2.24. The number of hydrogen-bond donors (Lipinski definition) is 0. The van der Waals surface area contributed by atoms with Gasteiger partial charge in [0.05, 0.1) is 0 Å². The fraction of sp³-hybridized carbons (Fsp3) is 0.259. The first kappa shape index (κ1) is 20.9. The molecule has 3 aromatic rings. The molecule has 1 aliphatic heterocycles. The van der Waals surface area contributed by atoms with Crippen molar-refractivity contribution in [3.8, 4) is 0 Å². The second-order valence-corrected chi connectivity index (χ2v) is 8.91. The van der Waals surface area contributed by atoms with E-state index in [1.807, 2.05) is 28.8 Å². The van der Waals surface area contributed by atoms with Crippen molar-refractivity contribution in [1.82, 2.24) is 14.5 Å². The smallest absolute Gasteiger partial charge is 0.257 e. The van der Waals surface area contributed by atoms with Crippen molar-refractivity contribution in [3.05, 3.63) is 111 Å². The van der Waals surface area contributed by atoms with Gasteiger partial charge in [0.2, 0.25) is 0 Å². The average Bonchev–Trinajstić information content (AvgIpc) is 2.78. The van der Waals surface area contributed by atoms with Crippen LogP contribution >= 0.6 is 11.6 Å². The summed E-state index contributed by atoms with van der Waals surface area (Å²) in [6.45, 7) is 2.92. The van der Waals surface area contributed by atoms with Gasteiger partial charge in [0, 0.05) is 48.3 Å². The van der Waals surface area contributed by atoms with Crippen molar-refractivity contribution in [2.24, 2.45) is 0 Å². The van der Waals surface area contributed by atoms with Crippen molar-refractivity contribution >= 4 is 22.6 Å². The van der Waals surface area contributed by atoms with Crippen LogP contribution in [0.25, 0.3) is 11.0 Å². The van der Waals surface area contributed by atoms with Gasteiger partial charge in [0.25, 0.3) is 5.56 Å². The monoisotopic (exact) mass is 443 g/mol. The van der Waals surface area contributed by atoms with Gasteiger partial charge in [0.1, 0.15) is 5.65 Å². The van der Waals surface area contributed by atoms with Crippen LogP contribution in [-0.4, -0.2) is 21.0 Å². The summed E-state index contributed by atoms with van der Waals surface area (Å²) in [4.78, 5) is 20.7. The summed E-state index contributed by atoms with van der Waals surface area (Å²) in [6, 6.07) is 12.0. The maximum absolute atomic E-state index is 13.7. The molecule has 2 aliphatic rings. The van der Waals surface area contributed by atoms with Crippen LogP contribution in [0.4, 0.5) is 0 Å². The fourth-order valence-corrected chi connectivity index (χ4v) is 4.91. The van der Waals surface area contributed by atoms with Gasteiger partial charge in [0.15, 0.2) is 0 Å². The summed E-state index contributed by atoms with van der Waals surface area (Å²) in [7, 11) is 0. The van der Waals surface area contributed by atoms with E-state index in [2.05, 4.69) is 52.4 Å². The highest BCUT2D eigenvalue weighted by atomic mass is 35.5. The fourth-order valence-electron chi connectivity index (χ4n) is 4.70. The number of fused-ring (bicyclic) bond motifs is 3. The Morgan fingerprint density at radius 1 is 1.03 bits per heavy atom. The number of aromatic nitrogens is 2. The number of halogens is 1. The average molecular weight is 444 g/mol. The van der Waals surface area contributed by atoms with Gasteiger partial charge in [-0.2, -0.15) is 0 Å². The molecule has 5 heteroatoms. The molecular formula is C27H26ClN3O. The molecular weight excluding hydrogens is 418 g/mol. The second-order valence-electron chi connectivity index (χ2n) is 8.47. The van der Waals surface area contributed by atoms with Crippen LogP contribution < -0.4 is 5.56 Å². The number of allylic oxidation sites excluding steroid dienone is 6. The molecule has 162 valence electrons. The van der Waals surface area contributed by atoms with E-state index < -0.39 is 0 Å². The lowest BCUT2D eigenvalue weighted by molar-refractivity contribution is 0.244. The van der Waals surface area contributed by atoms with Gasteiger partial charge in [-0.25, -0.2) is 4.98 Å². The number of rotatable bonds is 4. The van der Waals surface area contributed by atoms with Gasteiger partial charge < -0.3 is 0 Å². The molecule has 0 radical (unpaired) electrons. The van der Waals surface area contributed by atoms with E-state index in [1.54, 1.807) is 6.20 Å². The summed E-state index contributed by atoms with van der Waals surface area (Å²) in [5.41, 5.74) is 5.35. The Bertz CT molecular complexity index is 1300. The third-order valence-electron chi connectivity index (χ3n) is 6.26. The minimum atomic E-state index is 0.0875. The Morgan fingerprint density at radius 3 is 2.84 bits per heavy atom. The van der Waals surface area contributed by atoms with Crippen molar-refractivity contribution in [1.29, 1.82) is 0 Å². The zero-order valence-electron chi connectivity index (χ0n) is 18.0. The van der Waals surface area contributed by atoms with E-state index in [9.17, 15) is 4.79 Å². The maximum atomic E-state index is 13.7. The lowest BCUT2D eigenvalue weighted by atomic mass is 9.96. The highest BCUT2D eigenvalue weighted by molar-refractivity contribution is 6.30. The molecule has 0 fully saturated rings. The zero-order valence-corrected chi connectivity index (χ0v) is 18.8. The molecule has 0 spiro atoms. The number of hydrogen-bond acceptors (Lipinski definition) is 3. The molecule has 0 bridgehead atoms. The molecule has 5 rings (SSSR count). The molecule has 3 heterocycles. The molecule has 0 saturated heterocycles. The van der Waals surface area contributed by atoms with Gasteiger partial charge in [-0.05, 0) is 54.7 Å². The van der Waals surface area contributed by atoms with Crippen molar-refractivity contribution < 1.29 is 0 Å². The number of nitrogens with zero attached hydrogens (tertiary/aromatic N) is 3. The molecule has 0 atom stereocenters. The van der Waals surface area contributed by atoms with Crippen LogP contribution in [0, 0.1) is 0 Å². The van der Waals surface area contributed by atoms with Crippen LogP contribution in [0.5, 0.6) is 0 Å². The SMILES string of the molecule is O=c1c2c(c3cccnc3n1C/C1=C/C/C=C\C=C/C1)CCN(Cc1cccc(Cl)c1)C2. The lowest BCUT2D eigenvalue weighted by Gasteiger charge is -2.30. The first-order valence-corrected chi connectivity index (χ1v) is 11.5. The van der Waals surface area contributed by atoms with Crippen molar-refractivity contribution in [3.63, 3.8) is 0 Å². The minimum Gasteiger partial charge on any atom is -0.294 e. The topological polar surface area (TPSA) is 38.1 Å². The van der Waals surface area contributed by atoms with Crippen LogP contribution in [-0.2, 0) is 26.1 Å². The second kappa shape index (κ2) is 9.27. The van der Waals surface area contributed by atoms with Crippen molar-refractivity contribution in [2.75, 3.05) is 6.54 Å². The van der Waals surface area contributed by atoms with E-state index in [-0.39, 0.29) is 5.56 Å². The Balaban J connectivity index is 1.52. The Hall–Kier alpha value is -2.95. The Morgan fingerprint density at radius 2 is 1.94 bits per heavy atom. The van der Waals surface area contributed by atoms with Gasteiger partial charge in [-0.3, -0.25) is 14.3 Å². The number of pyridine rings is 2. The first-order chi connectivity index (χ1) is 15.7. The third-order valence-corrected chi connectivity index (χ3v) is 6.49. The Labute approximate surface area is 193 Å². The van der Waals surface area contributed by atoms with E-state index >= 15 is 0 Å². The lowest BCUT2D eigenvalue weighted by Crippen LogP contribution is -2.37. The predicted molar refractivity (Wildman–Crippen MR) is 131 cm³/mol. The van der Waals surface area contributed by atoms with Crippen molar-refractivity contribution in [2.45, 2.75) is 38.9 Å². The molecule has 1 aromatic carbocycles. The summed E-state index contributed by atoms with van der Waals surface area (Å²) in [6.07, 6.45) is 15.0.